The lowest BCUT2D eigenvalue weighted by molar-refractivity contribution is -0.121. The van der Waals surface area contributed by atoms with Gasteiger partial charge in [-0.05, 0) is 24.2 Å². The third-order valence-electron chi connectivity index (χ3n) is 2.54. The Morgan fingerprint density at radius 1 is 1.39 bits per heavy atom. The first-order valence-electron chi connectivity index (χ1n) is 6.39. The molecule has 0 saturated carbocycles. The minimum atomic E-state index is -0.391. The predicted molar refractivity (Wildman–Crippen MR) is 78.7 cm³/mol. The molecule has 1 rings (SSSR count). The van der Waals surface area contributed by atoms with Crippen LogP contribution in [0.4, 0.5) is 0 Å². The van der Waals surface area contributed by atoms with Crippen molar-refractivity contribution in [2.45, 2.75) is 25.8 Å². The Morgan fingerprint density at radius 2 is 2.11 bits per heavy atom. The summed E-state index contributed by atoms with van der Waals surface area (Å²) in [5.74, 6) is 1.71. The molecule has 4 heteroatoms. The quantitative estimate of drug-likeness (QED) is 0.706. The first-order chi connectivity index (χ1) is 8.74. The number of amides is 1. The monoisotopic (exact) mass is 266 g/mol. The lowest BCUT2D eigenvalue weighted by Gasteiger charge is -2.11. The van der Waals surface area contributed by atoms with E-state index >= 15 is 0 Å². The standard InChI is InChI=1S/C14H22N2OS/c1-2-10-18-11-13(15)14(17)16-9-8-12-6-4-3-5-7-12/h3-7,13H,2,8-11,15H2,1H3,(H,16,17)/t13-/m0/s1. The van der Waals surface area contributed by atoms with Crippen LogP contribution in [0.3, 0.4) is 0 Å². The van der Waals surface area contributed by atoms with Crippen molar-refractivity contribution in [2.75, 3.05) is 18.1 Å². The minimum absolute atomic E-state index is 0.0467. The van der Waals surface area contributed by atoms with E-state index in [9.17, 15) is 4.79 Å². The molecular weight excluding hydrogens is 244 g/mol. The van der Waals surface area contributed by atoms with Gasteiger partial charge in [0.15, 0.2) is 0 Å². The van der Waals surface area contributed by atoms with Crippen molar-refractivity contribution in [1.29, 1.82) is 0 Å². The van der Waals surface area contributed by atoms with E-state index in [4.69, 9.17) is 5.73 Å². The summed E-state index contributed by atoms with van der Waals surface area (Å²) in [5, 5.41) is 2.88. The number of nitrogens with one attached hydrogen (secondary N) is 1. The number of benzene rings is 1. The molecule has 0 aliphatic heterocycles. The molecule has 0 spiro atoms. The highest BCUT2D eigenvalue weighted by Gasteiger charge is 2.12. The number of carbonyl (C=O) groups is 1. The molecule has 3 nitrogen and oxygen atoms in total. The van der Waals surface area contributed by atoms with E-state index in [2.05, 4.69) is 24.4 Å². The summed E-state index contributed by atoms with van der Waals surface area (Å²) < 4.78 is 0. The minimum Gasteiger partial charge on any atom is -0.354 e. The molecule has 1 amide bonds. The molecule has 1 aromatic rings. The fourth-order valence-electron chi connectivity index (χ4n) is 1.54. The maximum Gasteiger partial charge on any atom is 0.237 e. The van der Waals surface area contributed by atoms with Gasteiger partial charge in [-0.25, -0.2) is 0 Å². The van der Waals surface area contributed by atoms with Crippen LogP contribution < -0.4 is 11.1 Å². The van der Waals surface area contributed by atoms with E-state index in [0.29, 0.717) is 12.3 Å². The molecule has 1 aromatic carbocycles. The fourth-order valence-corrected chi connectivity index (χ4v) is 2.40. The molecule has 0 aliphatic rings. The van der Waals surface area contributed by atoms with E-state index < -0.39 is 6.04 Å². The van der Waals surface area contributed by atoms with Gasteiger partial charge in [0, 0.05) is 12.3 Å². The Balaban J connectivity index is 2.16. The van der Waals surface area contributed by atoms with Gasteiger partial charge in [-0.1, -0.05) is 37.3 Å². The van der Waals surface area contributed by atoms with Crippen LogP contribution in [0.1, 0.15) is 18.9 Å². The van der Waals surface area contributed by atoms with Gasteiger partial charge in [-0.3, -0.25) is 4.79 Å². The first-order valence-corrected chi connectivity index (χ1v) is 7.54. The normalized spacial score (nSPS) is 12.1. The molecule has 3 N–H and O–H groups in total. The Bertz CT molecular complexity index is 343. The van der Waals surface area contributed by atoms with E-state index in [1.165, 1.54) is 5.56 Å². The number of hydrogen-bond acceptors (Lipinski definition) is 3. The van der Waals surface area contributed by atoms with Crippen molar-refractivity contribution in [3.63, 3.8) is 0 Å². The number of hydrogen-bond donors (Lipinski definition) is 2. The molecule has 0 radical (unpaired) electrons. The van der Waals surface area contributed by atoms with Crippen molar-refractivity contribution in [3.05, 3.63) is 35.9 Å². The van der Waals surface area contributed by atoms with E-state index in [1.54, 1.807) is 11.8 Å². The van der Waals surface area contributed by atoms with Gasteiger partial charge in [0.25, 0.3) is 0 Å². The summed E-state index contributed by atoms with van der Waals surface area (Å²) in [7, 11) is 0. The zero-order valence-electron chi connectivity index (χ0n) is 10.9. The maximum absolute atomic E-state index is 11.7. The summed E-state index contributed by atoms with van der Waals surface area (Å²) in [6.07, 6.45) is 1.97. The van der Waals surface area contributed by atoms with E-state index in [0.717, 1.165) is 18.6 Å². The number of nitrogens with two attached hydrogens (primary N) is 1. The largest absolute Gasteiger partial charge is 0.354 e. The molecule has 0 unspecified atom stereocenters. The molecule has 100 valence electrons. The summed E-state index contributed by atoms with van der Waals surface area (Å²) in [6, 6.07) is 9.72. The van der Waals surface area contributed by atoms with E-state index in [-0.39, 0.29) is 5.91 Å². The highest BCUT2D eigenvalue weighted by Crippen LogP contribution is 2.03. The Morgan fingerprint density at radius 3 is 2.78 bits per heavy atom. The molecule has 0 aliphatic carbocycles. The van der Waals surface area contributed by atoms with Crippen LogP contribution in [0.5, 0.6) is 0 Å². The Kier molecular flexibility index (Phi) is 7.53. The van der Waals surface area contributed by atoms with Crippen molar-refractivity contribution in [1.82, 2.24) is 5.32 Å². The second-order valence-corrected chi connectivity index (χ2v) is 5.36. The van der Waals surface area contributed by atoms with Gasteiger partial charge in [0.1, 0.15) is 0 Å². The van der Waals surface area contributed by atoms with Crippen LogP contribution in [0.2, 0.25) is 0 Å². The van der Waals surface area contributed by atoms with Crippen LogP contribution in [0.25, 0.3) is 0 Å². The molecule has 0 saturated heterocycles. The van der Waals surface area contributed by atoms with Crippen LogP contribution >= 0.6 is 11.8 Å². The van der Waals surface area contributed by atoms with Crippen LogP contribution in [-0.2, 0) is 11.2 Å². The molecule has 18 heavy (non-hydrogen) atoms. The van der Waals surface area contributed by atoms with Gasteiger partial charge in [0.2, 0.25) is 5.91 Å². The highest BCUT2D eigenvalue weighted by molar-refractivity contribution is 7.99. The van der Waals surface area contributed by atoms with Crippen molar-refractivity contribution in [3.8, 4) is 0 Å². The summed E-state index contributed by atoms with van der Waals surface area (Å²) >= 11 is 1.73. The topological polar surface area (TPSA) is 55.1 Å². The van der Waals surface area contributed by atoms with Crippen LogP contribution in [0.15, 0.2) is 30.3 Å². The molecule has 1 atom stereocenters. The second kappa shape index (κ2) is 9.00. The fraction of sp³-hybridized carbons (Fsp3) is 0.500. The lowest BCUT2D eigenvalue weighted by atomic mass is 10.1. The molecule has 0 aromatic heterocycles. The van der Waals surface area contributed by atoms with Crippen molar-refractivity contribution < 1.29 is 4.79 Å². The Hall–Kier alpha value is -1.00. The summed E-state index contributed by atoms with van der Waals surface area (Å²) in [4.78, 5) is 11.7. The number of rotatable bonds is 8. The number of thioether (sulfide) groups is 1. The van der Waals surface area contributed by atoms with Crippen molar-refractivity contribution in [2.24, 2.45) is 5.73 Å². The summed E-state index contributed by atoms with van der Waals surface area (Å²) in [6.45, 7) is 2.77. The molecule has 0 heterocycles. The third-order valence-corrected chi connectivity index (χ3v) is 3.83. The SMILES string of the molecule is CCCSC[C@H](N)C(=O)NCCc1ccccc1. The second-order valence-electron chi connectivity index (χ2n) is 4.21. The van der Waals surface area contributed by atoms with Crippen molar-refractivity contribution >= 4 is 17.7 Å². The Labute approximate surface area is 114 Å². The van der Waals surface area contributed by atoms with Gasteiger partial charge in [-0.2, -0.15) is 11.8 Å². The van der Waals surface area contributed by atoms with Gasteiger partial charge in [-0.15, -0.1) is 0 Å². The van der Waals surface area contributed by atoms with Gasteiger partial charge >= 0.3 is 0 Å². The molecule has 0 bridgehead atoms. The highest BCUT2D eigenvalue weighted by atomic mass is 32.2. The maximum atomic E-state index is 11.7. The smallest absolute Gasteiger partial charge is 0.237 e. The lowest BCUT2D eigenvalue weighted by Crippen LogP contribution is -2.43. The van der Waals surface area contributed by atoms with Crippen LogP contribution in [0, 0.1) is 0 Å². The number of carbonyl (C=O) groups excluding carboxylic acids is 1. The molecule has 0 fully saturated rings. The average molecular weight is 266 g/mol. The first kappa shape index (κ1) is 15.1. The summed E-state index contributed by atoms with van der Waals surface area (Å²) in [5.41, 5.74) is 7.03. The third kappa shape index (κ3) is 6.07. The zero-order chi connectivity index (χ0) is 13.2. The average Bonchev–Trinajstić information content (AvgIpc) is 2.40. The zero-order valence-corrected chi connectivity index (χ0v) is 11.7. The molecular formula is C14H22N2OS. The van der Waals surface area contributed by atoms with Crippen LogP contribution in [-0.4, -0.2) is 30.0 Å². The predicted octanol–water partition coefficient (Wildman–Crippen LogP) is 1.82. The van der Waals surface area contributed by atoms with E-state index in [1.807, 2.05) is 18.2 Å². The van der Waals surface area contributed by atoms with Gasteiger partial charge in [0.05, 0.1) is 6.04 Å². The van der Waals surface area contributed by atoms with Gasteiger partial charge < -0.3 is 11.1 Å².